The van der Waals surface area contributed by atoms with Crippen molar-refractivity contribution in [1.29, 1.82) is 0 Å². The van der Waals surface area contributed by atoms with Gasteiger partial charge in [0.25, 0.3) is 0 Å². The summed E-state index contributed by atoms with van der Waals surface area (Å²) in [7, 11) is 3.42. The fraction of sp³-hybridized carbons (Fsp3) is 0.941. The van der Waals surface area contributed by atoms with Gasteiger partial charge >= 0.3 is 5.97 Å². The fourth-order valence-electron chi connectivity index (χ4n) is 5.13. The standard InChI is InChI=1S/C17H30N2O2/c1-18-17(16(20)21-2)10-5-7-14(12-17)19-11-9-13-6-3-4-8-15(13)19/h13-15,18H,3-12H2,1-2H3. The third-order valence-corrected chi connectivity index (χ3v) is 6.30. The van der Waals surface area contributed by atoms with Gasteiger partial charge in [0.2, 0.25) is 0 Å². The minimum absolute atomic E-state index is 0.0749. The van der Waals surface area contributed by atoms with Gasteiger partial charge in [0.1, 0.15) is 5.54 Å². The molecule has 0 aromatic rings. The van der Waals surface area contributed by atoms with Crippen LogP contribution in [0.5, 0.6) is 0 Å². The minimum atomic E-state index is -0.454. The molecule has 0 radical (unpaired) electrons. The Morgan fingerprint density at radius 3 is 2.76 bits per heavy atom. The van der Waals surface area contributed by atoms with Crippen LogP contribution in [-0.2, 0) is 9.53 Å². The van der Waals surface area contributed by atoms with E-state index < -0.39 is 5.54 Å². The van der Waals surface area contributed by atoms with Gasteiger partial charge in [0, 0.05) is 12.1 Å². The number of hydrogen-bond acceptors (Lipinski definition) is 4. The molecule has 0 bridgehead atoms. The first-order chi connectivity index (χ1) is 10.2. The third kappa shape index (κ3) is 2.72. The Morgan fingerprint density at radius 1 is 1.19 bits per heavy atom. The van der Waals surface area contributed by atoms with Gasteiger partial charge in [-0.15, -0.1) is 0 Å². The SMILES string of the molecule is CNC1(C(=O)OC)CCCC(N2CCC3CCCCC32)C1. The van der Waals surface area contributed by atoms with E-state index in [1.807, 2.05) is 7.05 Å². The van der Waals surface area contributed by atoms with Crippen LogP contribution < -0.4 is 5.32 Å². The maximum Gasteiger partial charge on any atom is 0.326 e. The molecular formula is C17H30N2O2. The molecule has 0 aromatic heterocycles. The molecular weight excluding hydrogens is 264 g/mol. The number of ether oxygens (including phenoxy) is 1. The van der Waals surface area contributed by atoms with Crippen LogP contribution in [0, 0.1) is 5.92 Å². The highest BCUT2D eigenvalue weighted by atomic mass is 16.5. The number of likely N-dealkylation sites (tertiary alicyclic amines) is 1. The zero-order chi connectivity index (χ0) is 14.9. The second kappa shape index (κ2) is 6.25. The summed E-state index contributed by atoms with van der Waals surface area (Å²) in [6.07, 6.45) is 11.1. The van der Waals surface area contributed by atoms with Gasteiger partial charge in [0.05, 0.1) is 7.11 Å². The first kappa shape index (κ1) is 15.3. The van der Waals surface area contributed by atoms with Crippen molar-refractivity contribution in [2.75, 3.05) is 20.7 Å². The molecule has 0 aromatic carbocycles. The van der Waals surface area contributed by atoms with Crippen LogP contribution in [0.3, 0.4) is 0 Å². The summed E-state index contributed by atoms with van der Waals surface area (Å²) < 4.78 is 5.08. The predicted molar refractivity (Wildman–Crippen MR) is 83.1 cm³/mol. The number of nitrogens with one attached hydrogen (secondary N) is 1. The summed E-state index contributed by atoms with van der Waals surface area (Å²) >= 11 is 0. The molecule has 4 atom stereocenters. The van der Waals surface area contributed by atoms with Gasteiger partial charge in [0.15, 0.2) is 0 Å². The maximum absolute atomic E-state index is 12.3. The second-order valence-electron chi connectivity index (χ2n) is 7.21. The summed E-state index contributed by atoms with van der Waals surface area (Å²) in [4.78, 5) is 15.0. The van der Waals surface area contributed by atoms with E-state index in [9.17, 15) is 4.79 Å². The molecule has 1 N–H and O–H groups in total. The zero-order valence-electron chi connectivity index (χ0n) is 13.6. The van der Waals surface area contributed by atoms with Crippen molar-refractivity contribution in [1.82, 2.24) is 10.2 Å². The zero-order valence-corrected chi connectivity index (χ0v) is 13.6. The van der Waals surface area contributed by atoms with E-state index in [-0.39, 0.29) is 5.97 Å². The van der Waals surface area contributed by atoms with E-state index in [1.165, 1.54) is 52.2 Å². The Hall–Kier alpha value is -0.610. The number of methoxy groups -OCH3 is 1. The van der Waals surface area contributed by atoms with E-state index in [0.29, 0.717) is 6.04 Å². The molecule has 4 heteroatoms. The highest BCUT2D eigenvalue weighted by molar-refractivity contribution is 5.81. The number of fused-ring (bicyclic) bond motifs is 1. The molecule has 2 aliphatic carbocycles. The van der Waals surface area contributed by atoms with Crippen molar-refractivity contribution in [3.8, 4) is 0 Å². The lowest BCUT2D eigenvalue weighted by atomic mass is 9.77. The van der Waals surface area contributed by atoms with Crippen molar-refractivity contribution >= 4 is 5.97 Å². The van der Waals surface area contributed by atoms with Gasteiger partial charge in [-0.2, -0.15) is 0 Å². The quantitative estimate of drug-likeness (QED) is 0.811. The molecule has 4 unspecified atom stereocenters. The highest BCUT2D eigenvalue weighted by Gasteiger charge is 2.47. The first-order valence-electron chi connectivity index (χ1n) is 8.73. The minimum Gasteiger partial charge on any atom is -0.468 e. The summed E-state index contributed by atoms with van der Waals surface area (Å²) in [5, 5.41) is 3.29. The number of nitrogens with zero attached hydrogens (tertiary/aromatic N) is 1. The molecule has 21 heavy (non-hydrogen) atoms. The Labute approximate surface area is 128 Å². The summed E-state index contributed by atoms with van der Waals surface area (Å²) in [5.41, 5.74) is -0.454. The lowest BCUT2D eigenvalue weighted by molar-refractivity contribution is -0.151. The maximum atomic E-state index is 12.3. The highest BCUT2D eigenvalue weighted by Crippen LogP contribution is 2.41. The molecule has 1 heterocycles. The number of hydrogen-bond donors (Lipinski definition) is 1. The Bertz CT molecular complexity index is 387. The topological polar surface area (TPSA) is 41.6 Å². The van der Waals surface area contributed by atoms with Crippen molar-refractivity contribution in [2.45, 2.75) is 75.4 Å². The normalized spacial score (nSPS) is 40.8. The van der Waals surface area contributed by atoms with Gasteiger partial charge in [-0.25, -0.2) is 0 Å². The van der Waals surface area contributed by atoms with Gasteiger partial charge in [-0.05, 0) is 64.5 Å². The summed E-state index contributed by atoms with van der Waals surface area (Å²) in [5.74, 6) is 0.844. The molecule has 3 aliphatic rings. The smallest absolute Gasteiger partial charge is 0.326 e. The molecule has 3 fully saturated rings. The number of carbonyl (C=O) groups excluding carboxylic acids is 1. The first-order valence-corrected chi connectivity index (χ1v) is 8.73. The number of esters is 1. The van der Waals surface area contributed by atoms with Gasteiger partial charge in [-0.1, -0.05) is 12.8 Å². The molecule has 4 nitrogen and oxygen atoms in total. The van der Waals surface area contributed by atoms with E-state index in [0.717, 1.165) is 31.2 Å². The molecule has 120 valence electrons. The molecule has 0 amide bonds. The second-order valence-corrected chi connectivity index (χ2v) is 7.21. The lowest BCUT2D eigenvalue weighted by Crippen LogP contribution is -2.58. The van der Waals surface area contributed by atoms with Crippen molar-refractivity contribution in [3.63, 3.8) is 0 Å². The van der Waals surface area contributed by atoms with Crippen molar-refractivity contribution in [3.05, 3.63) is 0 Å². The number of rotatable bonds is 3. The molecule has 3 rings (SSSR count). The van der Waals surface area contributed by atoms with E-state index in [1.54, 1.807) is 0 Å². The molecule has 0 spiro atoms. The molecule has 2 saturated carbocycles. The van der Waals surface area contributed by atoms with Crippen molar-refractivity contribution < 1.29 is 9.53 Å². The summed E-state index contributed by atoms with van der Waals surface area (Å²) in [6.45, 7) is 1.24. The Balaban J connectivity index is 1.72. The van der Waals surface area contributed by atoms with Gasteiger partial charge in [-0.3, -0.25) is 9.69 Å². The molecule has 1 saturated heterocycles. The lowest BCUT2D eigenvalue weighted by Gasteiger charge is -2.44. The van der Waals surface area contributed by atoms with E-state index in [2.05, 4.69) is 10.2 Å². The summed E-state index contributed by atoms with van der Waals surface area (Å²) in [6, 6.07) is 1.34. The predicted octanol–water partition coefficient (Wildman–Crippen LogP) is 2.32. The molecule has 1 aliphatic heterocycles. The van der Waals surface area contributed by atoms with Crippen molar-refractivity contribution in [2.24, 2.45) is 5.92 Å². The monoisotopic (exact) mass is 294 g/mol. The van der Waals surface area contributed by atoms with E-state index in [4.69, 9.17) is 4.74 Å². The number of likely N-dealkylation sites (N-methyl/N-ethyl adjacent to an activating group) is 1. The Morgan fingerprint density at radius 2 is 2.00 bits per heavy atom. The average Bonchev–Trinajstić information content (AvgIpc) is 2.98. The average molecular weight is 294 g/mol. The van der Waals surface area contributed by atoms with Crippen LogP contribution in [0.4, 0.5) is 0 Å². The largest absolute Gasteiger partial charge is 0.468 e. The van der Waals surface area contributed by atoms with Crippen LogP contribution in [0.1, 0.15) is 57.8 Å². The van der Waals surface area contributed by atoms with E-state index >= 15 is 0 Å². The Kier molecular flexibility index (Phi) is 4.55. The van der Waals surface area contributed by atoms with Crippen LogP contribution in [0.25, 0.3) is 0 Å². The number of carbonyl (C=O) groups is 1. The third-order valence-electron chi connectivity index (χ3n) is 6.30. The van der Waals surface area contributed by atoms with Crippen LogP contribution in [-0.4, -0.2) is 49.2 Å². The van der Waals surface area contributed by atoms with Crippen LogP contribution in [0.15, 0.2) is 0 Å². The van der Waals surface area contributed by atoms with Crippen LogP contribution >= 0.6 is 0 Å². The van der Waals surface area contributed by atoms with Crippen LogP contribution in [0.2, 0.25) is 0 Å². The fourth-order valence-corrected chi connectivity index (χ4v) is 5.13. The van der Waals surface area contributed by atoms with Gasteiger partial charge < -0.3 is 10.1 Å².